The molecule has 5 heteroatoms. The molecule has 0 bridgehead atoms. The Morgan fingerprint density at radius 1 is 1.10 bits per heavy atom. The summed E-state index contributed by atoms with van der Waals surface area (Å²) < 4.78 is 0. The Labute approximate surface area is 118 Å². The second-order valence-corrected chi connectivity index (χ2v) is 4.75. The largest absolute Gasteiger partial charge is 0.353 e. The maximum atomic E-state index is 11.1. The van der Waals surface area contributed by atoms with Gasteiger partial charge in [0, 0.05) is 19.4 Å². The van der Waals surface area contributed by atoms with Gasteiger partial charge in [-0.1, -0.05) is 25.5 Å². The fourth-order valence-corrected chi connectivity index (χ4v) is 1.96. The van der Waals surface area contributed by atoms with Gasteiger partial charge in [-0.3, -0.25) is 4.79 Å². The molecular weight excluding hydrogens is 252 g/mol. The van der Waals surface area contributed by atoms with E-state index in [1.165, 1.54) is 0 Å². The molecule has 1 aromatic heterocycles. The number of nitrogens with one attached hydrogen (secondary N) is 1. The predicted molar refractivity (Wildman–Crippen MR) is 79.6 cm³/mol. The summed E-state index contributed by atoms with van der Waals surface area (Å²) in [7, 11) is 0. The van der Waals surface area contributed by atoms with Crippen molar-refractivity contribution in [3.05, 3.63) is 24.3 Å². The molecule has 0 unspecified atom stereocenters. The van der Waals surface area contributed by atoms with E-state index in [1.807, 2.05) is 31.2 Å². The Morgan fingerprint density at radius 2 is 1.90 bits per heavy atom. The zero-order chi connectivity index (χ0) is 14.2. The molecule has 1 aromatic carbocycles. The van der Waals surface area contributed by atoms with Gasteiger partial charge >= 0.3 is 0 Å². The van der Waals surface area contributed by atoms with Crippen molar-refractivity contribution in [2.45, 2.75) is 39.0 Å². The molecule has 0 radical (unpaired) electrons. The van der Waals surface area contributed by atoms with E-state index in [0.717, 1.165) is 36.8 Å². The lowest BCUT2D eigenvalue weighted by molar-refractivity contribution is -0.118. The predicted octanol–water partition coefficient (Wildman–Crippen LogP) is 2.98. The van der Waals surface area contributed by atoms with Crippen LogP contribution in [0.5, 0.6) is 0 Å². The van der Waals surface area contributed by atoms with Crippen LogP contribution >= 0.6 is 0 Å². The molecule has 0 spiro atoms. The number of carbonyl (C=O) groups excluding carboxylic acids is 1. The van der Waals surface area contributed by atoms with Crippen molar-refractivity contribution in [2.75, 3.05) is 11.9 Å². The van der Waals surface area contributed by atoms with Gasteiger partial charge in [-0.15, -0.1) is 10.2 Å². The van der Waals surface area contributed by atoms with Crippen LogP contribution in [0.2, 0.25) is 0 Å². The van der Waals surface area contributed by atoms with Crippen molar-refractivity contribution >= 4 is 22.8 Å². The van der Waals surface area contributed by atoms with Crippen LogP contribution in [0.3, 0.4) is 0 Å². The third-order valence-corrected chi connectivity index (χ3v) is 3.17. The Balaban J connectivity index is 1.72. The normalized spacial score (nSPS) is 10.7. The number of fused-ring (bicyclic) bond motifs is 1. The molecule has 5 nitrogen and oxygen atoms in total. The van der Waals surface area contributed by atoms with Crippen molar-refractivity contribution in [1.82, 2.24) is 15.2 Å². The van der Waals surface area contributed by atoms with E-state index >= 15 is 0 Å². The number of Topliss-reactive ketones (excluding diaryl/α,β-unsaturated/α-hetero) is 1. The van der Waals surface area contributed by atoms with Crippen LogP contribution in [-0.4, -0.2) is 27.5 Å². The quantitative estimate of drug-likeness (QED) is 0.748. The van der Waals surface area contributed by atoms with Crippen LogP contribution in [0, 0.1) is 0 Å². The highest BCUT2D eigenvalue weighted by Gasteiger charge is 2.01. The fourth-order valence-electron chi connectivity index (χ4n) is 1.96. The van der Waals surface area contributed by atoms with Crippen LogP contribution in [-0.2, 0) is 4.79 Å². The lowest BCUT2D eigenvalue weighted by Gasteiger charge is -2.04. The number of carbonyl (C=O) groups is 1. The van der Waals surface area contributed by atoms with E-state index in [1.54, 1.807) is 0 Å². The molecule has 1 heterocycles. The van der Waals surface area contributed by atoms with Gasteiger partial charge in [0.15, 0.2) is 0 Å². The molecule has 0 amide bonds. The van der Waals surface area contributed by atoms with E-state index < -0.39 is 0 Å². The van der Waals surface area contributed by atoms with Gasteiger partial charge in [0.25, 0.3) is 0 Å². The minimum Gasteiger partial charge on any atom is -0.353 e. The van der Waals surface area contributed by atoms with Crippen molar-refractivity contribution in [1.29, 1.82) is 0 Å². The Bertz CT molecular complexity index is 571. The molecule has 20 heavy (non-hydrogen) atoms. The third kappa shape index (κ3) is 4.26. The minimum absolute atomic E-state index is 0.347. The first-order valence-corrected chi connectivity index (χ1v) is 7.14. The van der Waals surface area contributed by atoms with Crippen LogP contribution in [0.25, 0.3) is 11.0 Å². The lowest BCUT2D eigenvalue weighted by atomic mass is 10.1. The SMILES string of the molecule is CCC(=O)CCCCCNc1nnc2ccccc2n1. The molecule has 0 fully saturated rings. The van der Waals surface area contributed by atoms with Crippen molar-refractivity contribution in [3.63, 3.8) is 0 Å². The first kappa shape index (κ1) is 14.4. The molecule has 0 aliphatic rings. The van der Waals surface area contributed by atoms with E-state index in [4.69, 9.17) is 0 Å². The summed E-state index contributed by atoms with van der Waals surface area (Å²) in [5, 5.41) is 11.3. The second-order valence-electron chi connectivity index (χ2n) is 4.75. The van der Waals surface area contributed by atoms with Crippen molar-refractivity contribution < 1.29 is 4.79 Å². The fraction of sp³-hybridized carbons (Fsp3) is 0.467. The standard InChI is InChI=1S/C15H20N4O/c1-2-12(20)8-4-3-7-11-16-15-17-13-9-5-6-10-14(13)18-19-15/h5-6,9-10H,2-4,7-8,11H2,1H3,(H,16,17,19). The molecule has 2 aromatic rings. The summed E-state index contributed by atoms with van der Waals surface area (Å²) in [6, 6.07) is 7.67. The Hall–Kier alpha value is -2.04. The first-order chi connectivity index (χ1) is 9.79. The van der Waals surface area contributed by atoms with E-state index in [2.05, 4.69) is 20.5 Å². The van der Waals surface area contributed by atoms with Crippen LogP contribution in [0.4, 0.5) is 5.95 Å². The van der Waals surface area contributed by atoms with E-state index in [9.17, 15) is 4.79 Å². The summed E-state index contributed by atoms with van der Waals surface area (Å²) in [6.07, 6.45) is 4.36. The van der Waals surface area contributed by atoms with Crippen molar-refractivity contribution in [2.24, 2.45) is 0 Å². The Morgan fingerprint density at radius 3 is 2.70 bits per heavy atom. The molecule has 0 atom stereocenters. The highest BCUT2D eigenvalue weighted by atomic mass is 16.1. The van der Waals surface area contributed by atoms with Crippen LogP contribution in [0.1, 0.15) is 39.0 Å². The number of aromatic nitrogens is 3. The zero-order valence-electron chi connectivity index (χ0n) is 11.8. The number of rotatable bonds is 8. The van der Waals surface area contributed by atoms with Gasteiger partial charge in [0.05, 0.1) is 5.52 Å². The summed E-state index contributed by atoms with van der Waals surface area (Å²) >= 11 is 0. The smallest absolute Gasteiger partial charge is 0.243 e. The molecular formula is C15H20N4O. The summed E-state index contributed by atoms with van der Waals surface area (Å²) in [6.45, 7) is 2.72. The Kier molecular flexibility index (Phi) is 5.41. The summed E-state index contributed by atoms with van der Waals surface area (Å²) in [5.41, 5.74) is 1.65. The van der Waals surface area contributed by atoms with Crippen LogP contribution < -0.4 is 5.32 Å². The molecule has 0 aliphatic heterocycles. The lowest BCUT2D eigenvalue weighted by Crippen LogP contribution is -2.06. The maximum Gasteiger partial charge on any atom is 0.243 e. The van der Waals surface area contributed by atoms with Gasteiger partial charge in [0.1, 0.15) is 11.3 Å². The molecule has 106 valence electrons. The number of para-hydroxylation sites is 1. The first-order valence-electron chi connectivity index (χ1n) is 7.14. The summed E-state index contributed by atoms with van der Waals surface area (Å²) in [4.78, 5) is 15.5. The topological polar surface area (TPSA) is 67.8 Å². The highest BCUT2D eigenvalue weighted by Crippen LogP contribution is 2.09. The minimum atomic E-state index is 0.347. The van der Waals surface area contributed by atoms with Crippen molar-refractivity contribution in [3.8, 4) is 0 Å². The van der Waals surface area contributed by atoms with Crippen LogP contribution in [0.15, 0.2) is 24.3 Å². The molecule has 0 aliphatic carbocycles. The number of unbranched alkanes of at least 4 members (excludes halogenated alkanes) is 2. The average molecular weight is 272 g/mol. The highest BCUT2D eigenvalue weighted by molar-refractivity contribution is 5.77. The third-order valence-electron chi connectivity index (χ3n) is 3.17. The monoisotopic (exact) mass is 272 g/mol. The number of nitrogens with zero attached hydrogens (tertiary/aromatic N) is 3. The average Bonchev–Trinajstić information content (AvgIpc) is 2.50. The van der Waals surface area contributed by atoms with Gasteiger partial charge in [0.2, 0.25) is 5.95 Å². The zero-order valence-corrected chi connectivity index (χ0v) is 11.8. The number of ketones is 1. The number of hydrogen-bond donors (Lipinski definition) is 1. The number of anilines is 1. The molecule has 1 N–H and O–H groups in total. The molecule has 2 rings (SSSR count). The van der Waals surface area contributed by atoms with Gasteiger partial charge < -0.3 is 5.32 Å². The van der Waals surface area contributed by atoms with E-state index in [0.29, 0.717) is 24.6 Å². The van der Waals surface area contributed by atoms with E-state index in [-0.39, 0.29) is 0 Å². The number of hydrogen-bond acceptors (Lipinski definition) is 5. The van der Waals surface area contributed by atoms with Gasteiger partial charge in [-0.2, -0.15) is 0 Å². The molecule has 0 saturated carbocycles. The maximum absolute atomic E-state index is 11.1. The van der Waals surface area contributed by atoms with Gasteiger partial charge in [-0.05, 0) is 25.0 Å². The number of benzene rings is 1. The molecule has 0 saturated heterocycles. The second kappa shape index (κ2) is 7.53. The summed E-state index contributed by atoms with van der Waals surface area (Å²) in [5.74, 6) is 0.911. The van der Waals surface area contributed by atoms with Gasteiger partial charge in [-0.25, -0.2) is 4.98 Å².